The van der Waals surface area contributed by atoms with E-state index >= 15 is 0 Å². The van der Waals surface area contributed by atoms with Crippen molar-refractivity contribution in [3.8, 4) is 11.1 Å². The number of nitrogens with one attached hydrogen (secondary N) is 1. The van der Waals surface area contributed by atoms with E-state index in [4.69, 9.17) is 0 Å². The van der Waals surface area contributed by atoms with Crippen LogP contribution in [0.5, 0.6) is 0 Å². The molecule has 0 unspecified atom stereocenters. The van der Waals surface area contributed by atoms with E-state index in [1.54, 1.807) is 10.4 Å². The molecule has 0 aliphatic carbocycles. The van der Waals surface area contributed by atoms with E-state index in [1.165, 1.54) is 43.7 Å². The molecule has 1 aliphatic heterocycles. The number of aromatic nitrogens is 1. The monoisotopic (exact) mass is 349 g/mol. The van der Waals surface area contributed by atoms with Crippen LogP contribution in [-0.2, 0) is 0 Å². The Kier molecular flexibility index (Phi) is 2.57. The van der Waals surface area contributed by atoms with Gasteiger partial charge in [0.2, 0.25) is 0 Å². The van der Waals surface area contributed by atoms with Gasteiger partial charge in [0.25, 0.3) is 0 Å². The third-order valence-electron chi connectivity index (χ3n) is 6.19. The van der Waals surface area contributed by atoms with Crippen molar-refractivity contribution in [3.05, 3.63) is 72.8 Å². The van der Waals surface area contributed by atoms with Crippen LogP contribution >= 0.6 is 0 Å². The first-order chi connectivity index (χ1) is 12.6. The van der Waals surface area contributed by atoms with Crippen molar-refractivity contribution in [1.29, 1.82) is 0 Å². The molecular weight excluding hydrogens is 330 g/mol. The molecule has 26 heavy (non-hydrogen) atoms. The largest absolute Gasteiger partial charge is 0.354 e. The van der Waals surface area contributed by atoms with Crippen molar-refractivity contribution in [2.45, 2.75) is 13.1 Å². The maximum atomic E-state index is 3.62. The van der Waals surface area contributed by atoms with Gasteiger partial charge < -0.3 is 4.98 Å². The third-order valence-corrected chi connectivity index (χ3v) is 9.73. The zero-order valence-corrected chi connectivity index (χ0v) is 15.9. The molecule has 124 valence electrons. The molecule has 2 heterocycles. The van der Waals surface area contributed by atoms with Gasteiger partial charge in [0.15, 0.2) is 0 Å². The molecule has 0 fully saturated rings. The molecule has 1 nitrogen and oxygen atoms in total. The summed E-state index contributed by atoms with van der Waals surface area (Å²) in [6.07, 6.45) is 0. The highest BCUT2D eigenvalue weighted by Crippen LogP contribution is 2.37. The number of rotatable bonds is 0. The zero-order valence-electron chi connectivity index (χ0n) is 14.9. The second-order valence-electron chi connectivity index (χ2n) is 7.95. The van der Waals surface area contributed by atoms with E-state index < -0.39 is 8.07 Å². The van der Waals surface area contributed by atoms with Gasteiger partial charge in [0, 0.05) is 21.8 Å². The van der Waals surface area contributed by atoms with Gasteiger partial charge in [-0.25, -0.2) is 0 Å². The Balaban J connectivity index is 1.80. The molecular formula is C24H19NSi. The fourth-order valence-electron chi connectivity index (χ4n) is 4.87. The molecule has 1 aliphatic rings. The van der Waals surface area contributed by atoms with Crippen molar-refractivity contribution in [2.24, 2.45) is 0 Å². The summed E-state index contributed by atoms with van der Waals surface area (Å²) in [6.45, 7) is 4.95. The lowest BCUT2D eigenvalue weighted by molar-refractivity contribution is 1.55. The maximum absolute atomic E-state index is 3.62. The first-order valence-electron chi connectivity index (χ1n) is 9.22. The van der Waals surface area contributed by atoms with Gasteiger partial charge in [0.1, 0.15) is 8.07 Å². The van der Waals surface area contributed by atoms with Crippen molar-refractivity contribution in [1.82, 2.24) is 4.98 Å². The van der Waals surface area contributed by atoms with Gasteiger partial charge in [0.05, 0.1) is 0 Å². The molecule has 0 atom stereocenters. The van der Waals surface area contributed by atoms with Gasteiger partial charge >= 0.3 is 0 Å². The summed E-state index contributed by atoms with van der Waals surface area (Å²) in [5, 5.41) is 8.48. The van der Waals surface area contributed by atoms with Crippen LogP contribution in [0.3, 0.4) is 0 Å². The lowest BCUT2D eigenvalue weighted by Gasteiger charge is -2.18. The minimum Gasteiger partial charge on any atom is -0.354 e. The number of hydrogen-bond donors (Lipinski definition) is 1. The highest BCUT2D eigenvalue weighted by atomic mass is 28.3. The van der Waals surface area contributed by atoms with Crippen molar-refractivity contribution in [2.75, 3.05) is 0 Å². The van der Waals surface area contributed by atoms with Crippen molar-refractivity contribution >= 4 is 51.0 Å². The number of fused-ring (bicyclic) bond motifs is 8. The lowest BCUT2D eigenvalue weighted by atomic mass is 9.97. The Hall–Kier alpha value is -2.84. The van der Waals surface area contributed by atoms with Crippen LogP contribution in [0.2, 0.25) is 13.1 Å². The second-order valence-corrected chi connectivity index (χ2v) is 12.3. The van der Waals surface area contributed by atoms with Gasteiger partial charge in [-0.1, -0.05) is 67.7 Å². The Bertz CT molecular complexity index is 1360. The van der Waals surface area contributed by atoms with Crippen LogP contribution in [0.4, 0.5) is 0 Å². The summed E-state index contributed by atoms with van der Waals surface area (Å²) in [5.74, 6) is 0. The number of hydrogen-bond acceptors (Lipinski definition) is 0. The highest BCUT2D eigenvalue weighted by Gasteiger charge is 2.37. The van der Waals surface area contributed by atoms with Crippen molar-refractivity contribution in [3.63, 3.8) is 0 Å². The number of para-hydroxylation sites is 1. The zero-order chi connectivity index (χ0) is 17.5. The summed E-state index contributed by atoms with van der Waals surface area (Å²) < 4.78 is 0. The van der Waals surface area contributed by atoms with Crippen LogP contribution in [0.25, 0.3) is 43.7 Å². The standard InChI is InChI=1S/C24H19NSi/c1-26(2)22-10-6-4-8-17(22)24-18-14-21-19(13-15(18)11-12-23(24)26)16-7-3-5-9-20(16)25-21/h3-14,25H,1-2H3. The van der Waals surface area contributed by atoms with Crippen LogP contribution in [0.15, 0.2) is 72.8 Å². The second kappa shape index (κ2) is 4.66. The van der Waals surface area contributed by atoms with E-state index in [0.29, 0.717) is 0 Å². The van der Waals surface area contributed by atoms with Crippen molar-refractivity contribution < 1.29 is 0 Å². The van der Waals surface area contributed by atoms with Crippen LogP contribution in [0.1, 0.15) is 0 Å². The molecule has 0 bridgehead atoms. The molecule has 4 aromatic carbocycles. The quantitative estimate of drug-likeness (QED) is 0.366. The number of H-pyrrole nitrogens is 1. The molecule has 2 heteroatoms. The molecule has 1 N–H and O–H groups in total. The van der Waals surface area contributed by atoms with Gasteiger partial charge in [-0.2, -0.15) is 0 Å². The first-order valence-corrected chi connectivity index (χ1v) is 12.2. The Morgan fingerprint density at radius 3 is 2.38 bits per heavy atom. The van der Waals surface area contributed by atoms with E-state index in [0.717, 1.165) is 0 Å². The summed E-state index contributed by atoms with van der Waals surface area (Å²) in [4.78, 5) is 3.62. The predicted octanol–water partition coefficient (Wildman–Crippen LogP) is 5.28. The SMILES string of the molecule is C[Si]1(C)c2ccccc2-c2c1ccc1cc3c(cc21)[nH]c1ccccc13. The van der Waals surface area contributed by atoms with E-state index in [2.05, 4.69) is 90.9 Å². The third kappa shape index (κ3) is 1.65. The number of benzene rings is 4. The van der Waals surface area contributed by atoms with E-state index in [1.807, 2.05) is 0 Å². The highest BCUT2D eigenvalue weighted by molar-refractivity contribution is 7.04. The smallest absolute Gasteiger partial charge is 0.113 e. The summed E-state index contributed by atoms with van der Waals surface area (Å²) in [5.41, 5.74) is 5.36. The first kappa shape index (κ1) is 14.3. The minimum absolute atomic E-state index is 1.21. The molecule has 1 aromatic heterocycles. The molecule has 0 saturated carbocycles. The van der Waals surface area contributed by atoms with Gasteiger partial charge in [-0.15, -0.1) is 0 Å². The molecule has 0 saturated heterocycles. The fraction of sp³-hybridized carbons (Fsp3) is 0.0833. The minimum atomic E-state index is -1.61. The average Bonchev–Trinajstić information content (AvgIpc) is 3.13. The molecule has 6 rings (SSSR count). The summed E-state index contributed by atoms with van der Waals surface area (Å²) in [6, 6.07) is 27.1. The Morgan fingerprint density at radius 1 is 0.654 bits per heavy atom. The molecule has 0 spiro atoms. The normalized spacial score (nSPS) is 14.8. The van der Waals surface area contributed by atoms with E-state index in [-0.39, 0.29) is 0 Å². The van der Waals surface area contributed by atoms with Crippen LogP contribution in [0, 0.1) is 0 Å². The summed E-state index contributed by atoms with van der Waals surface area (Å²) in [7, 11) is -1.61. The molecule has 5 aromatic rings. The molecule has 0 radical (unpaired) electrons. The van der Waals surface area contributed by atoms with Crippen LogP contribution in [-0.4, -0.2) is 13.1 Å². The number of aromatic amines is 1. The fourth-order valence-corrected chi connectivity index (χ4v) is 7.95. The Labute approximate surface area is 153 Å². The topological polar surface area (TPSA) is 15.8 Å². The Morgan fingerprint density at radius 2 is 1.46 bits per heavy atom. The molecule has 0 amide bonds. The maximum Gasteiger partial charge on any atom is 0.113 e. The predicted molar refractivity (Wildman–Crippen MR) is 115 cm³/mol. The van der Waals surface area contributed by atoms with Crippen LogP contribution < -0.4 is 10.4 Å². The summed E-state index contributed by atoms with van der Waals surface area (Å²) >= 11 is 0. The average molecular weight is 350 g/mol. The van der Waals surface area contributed by atoms with Gasteiger partial charge in [-0.3, -0.25) is 0 Å². The van der Waals surface area contributed by atoms with Gasteiger partial charge in [-0.05, 0) is 50.5 Å². The lowest BCUT2D eigenvalue weighted by Crippen LogP contribution is -2.49. The van der Waals surface area contributed by atoms with E-state index in [9.17, 15) is 0 Å².